The maximum absolute atomic E-state index is 13.5. The third kappa shape index (κ3) is 4.31. The van der Waals surface area contributed by atoms with Gasteiger partial charge in [0, 0.05) is 6.54 Å². The lowest BCUT2D eigenvalue weighted by atomic mass is 10.3. The van der Waals surface area contributed by atoms with Gasteiger partial charge in [-0.2, -0.15) is 0 Å². The lowest BCUT2D eigenvalue weighted by molar-refractivity contribution is 0.115. The Bertz CT molecular complexity index is 590. The number of hydrogen-bond donors (Lipinski definition) is 2. The molecule has 0 bridgehead atoms. The molecule has 0 amide bonds. The molecule has 112 valence electrons. The van der Waals surface area contributed by atoms with Gasteiger partial charge < -0.3 is 15.2 Å². The first-order valence-corrected chi connectivity index (χ1v) is 6.69. The predicted molar refractivity (Wildman–Crippen MR) is 77.8 cm³/mol. The molecular weight excluding hydrogens is 300 g/mol. The van der Waals surface area contributed by atoms with Gasteiger partial charge in [0.05, 0.1) is 10.7 Å². The van der Waals surface area contributed by atoms with Crippen LogP contribution in [0.1, 0.15) is 0 Å². The normalized spacial score (nSPS) is 12.0. The number of halogens is 3. The van der Waals surface area contributed by atoms with Gasteiger partial charge in [-0.05, 0) is 24.3 Å². The van der Waals surface area contributed by atoms with Crippen molar-refractivity contribution in [3.63, 3.8) is 0 Å². The molecule has 0 aliphatic carbocycles. The third-order valence-electron chi connectivity index (χ3n) is 2.75. The smallest absolute Gasteiger partial charge is 0.165 e. The number of benzene rings is 2. The molecule has 21 heavy (non-hydrogen) atoms. The van der Waals surface area contributed by atoms with Gasteiger partial charge in [-0.3, -0.25) is 0 Å². The van der Waals surface area contributed by atoms with Crippen LogP contribution in [0, 0.1) is 11.6 Å². The molecular formula is C15H14ClF2NO2. The highest BCUT2D eigenvalue weighted by molar-refractivity contribution is 6.33. The zero-order chi connectivity index (χ0) is 15.2. The van der Waals surface area contributed by atoms with E-state index in [1.54, 1.807) is 12.1 Å². The standard InChI is InChI=1S/C15H14ClF2NO2/c16-11-4-3-6-13(18)15(11)19-8-10(20)9-21-14-7-2-1-5-12(14)17/h1-7,10,19-20H,8-9H2. The molecule has 2 aromatic carbocycles. The van der Waals surface area contributed by atoms with E-state index in [4.69, 9.17) is 16.3 Å². The minimum Gasteiger partial charge on any atom is -0.488 e. The number of aliphatic hydroxyl groups is 1. The molecule has 0 aliphatic rings. The van der Waals surface area contributed by atoms with Crippen molar-refractivity contribution < 1.29 is 18.6 Å². The van der Waals surface area contributed by atoms with E-state index in [1.165, 1.54) is 30.3 Å². The van der Waals surface area contributed by atoms with Gasteiger partial charge in [-0.15, -0.1) is 0 Å². The van der Waals surface area contributed by atoms with Crippen LogP contribution in [0.2, 0.25) is 5.02 Å². The molecule has 1 atom stereocenters. The van der Waals surface area contributed by atoms with Crippen LogP contribution < -0.4 is 10.1 Å². The van der Waals surface area contributed by atoms with Gasteiger partial charge in [0.1, 0.15) is 18.5 Å². The average Bonchev–Trinajstić information content (AvgIpc) is 2.46. The van der Waals surface area contributed by atoms with E-state index in [2.05, 4.69) is 5.32 Å². The van der Waals surface area contributed by atoms with Crippen molar-refractivity contribution in [2.45, 2.75) is 6.10 Å². The zero-order valence-corrected chi connectivity index (χ0v) is 11.8. The molecule has 0 aliphatic heterocycles. The van der Waals surface area contributed by atoms with Crippen molar-refractivity contribution in [3.05, 3.63) is 59.1 Å². The van der Waals surface area contributed by atoms with E-state index < -0.39 is 17.7 Å². The highest BCUT2D eigenvalue weighted by atomic mass is 35.5. The minimum atomic E-state index is -0.944. The lowest BCUT2D eigenvalue weighted by Crippen LogP contribution is -2.26. The van der Waals surface area contributed by atoms with E-state index in [9.17, 15) is 13.9 Å². The maximum Gasteiger partial charge on any atom is 0.165 e. The number of rotatable bonds is 6. The first-order chi connectivity index (χ1) is 10.1. The van der Waals surface area contributed by atoms with Crippen LogP contribution in [0.4, 0.5) is 14.5 Å². The van der Waals surface area contributed by atoms with Crippen LogP contribution in [0.15, 0.2) is 42.5 Å². The van der Waals surface area contributed by atoms with Crippen LogP contribution in [-0.4, -0.2) is 24.4 Å². The maximum atomic E-state index is 13.5. The summed E-state index contributed by atoms with van der Waals surface area (Å²) in [5.41, 5.74) is 0.115. The molecule has 2 rings (SSSR count). The van der Waals surface area contributed by atoms with Crippen LogP contribution in [0.5, 0.6) is 5.75 Å². The topological polar surface area (TPSA) is 41.5 Å². The lowest BCUT2D eigenvalue weighted by Gasteiger charge is -2.15. The summed E-state index contributed by atoms with van der Waals surface area (Å²) in [7, 11) is 0. The largest absolute Gasteiger partial charge is 0.488 e. The number of hydrogen-bond acceptors (Lipinski definition) is 3. The zero-order valence-electron chi connectivity index (χ0n) is 11.0. The molecule has 2 N–H and O–H groups in total. The fourth-order valence-corrected chi connectivity index (χ4v) is 1.92. The van der Waals surface area contributed by atoms with Crippen LogP contribution in [0.3, 0.4) is 0 Å². The summed E-state index contributed by atoms with van der Waals surface area (Å²) >= 11 is 5.84. The second-order valence-corrected chi connectivity index (χ2v) is 4.78. The highest BCUT2D eigenvalue weighted by Gasteiger charge is 2.11. The molecule has 1 unspecified atom stereocenters. The number of ether oxygens (including phenoxy) is 1. The molecule has 0 saturated carbocycles. The van der Waals surface area contributed by atoms with Crippen LogP contribution >= 0.6 is 11.6 Å². The van der Waals surface area contributed by atoms with Crippen LogP contribution in [-0.2, 0) is 0 Å². The minimum absolute atomic E-state index is 0.0229. The second-order valence-electron chi connectivity index (χ2n) is 4.37. The Morgan fingerprint density at radius 2 is 1.81 bits per heavy atom. The van der Waals surface area contributed by atoms with E-state index in [-0.39, 0.29) is 29.6 Å². The Morgan fingerprint density at radius 3 is 2.52 bits per heavy atom. The Balaban J connectivity index is 1.85. The van der Waals surface area contributed by atoms with Crippen molar-refractivity contribution in [1.82, 2.24) is 0 Å². The first-order valence-electron chi connectivity index (χ1n) is 6.31. The van der Waals surface area contributed by atoms with Crippen molar-refractivity contribution in [2.75, 3.05) is 18.5 Å². The molecule has 0 fully saturated rings. The molecule has 6 heteroatoms. The summed E-state index contributed by atoms with van der Waals surface area (Å²) in [4.78, 5) is 0. The van der Waals surface area contributed by atoms with Gasteiger partial charge in [0.25, 0.3) is 0 Å². The highest BCUT2D eigenvalue weighted by Crippen LogP contribution is 2.24. The molecule has 0 spiro atoms. The summed E-state index contributed by atoms with van der Waals surface area (Å²) in [6.07, 6.45) is -0.944. The number of nitrogens with one attached hydrogen (secondary N) is 1. The summed E-state index contributed by atoms with van der Waals surface area (Å²) in [5, 5.41) is 12.7. The molecule has 3 nitrogen and oxygen atoms in total. The van der Waals surface area contributed by atoms with E-state index >= 15 is 0 Å². The molecule has 2 aromatic rings. The van der Waals surface area contributed by atoms with Crippen molar-refractivity contribution in [2.24, 2.45) is 0 Å². The Hall–Kier alpha value is -1.85. The molecule has 0 saturated heterocycles. The van der Waals surface area contributed by atoms with Gasteiger partial charge in [0.15, 0.2) is 11.6 Å². The quantitative estimate of drug-likeness (QED) is 0.858. The monoisotopic (exact) mass is 313 g/mol. The van der Waals surface area contributed by atoms with Crippen molar-refractivity contribution in [3.8, 4) is 5.75 Å². The number of anilines is 1. The molecule has 0 aromatic heterocycles. The summed E-state index contributed by atoms with van der Waals surface area (Å²) < 4.78 is 32.0. The Kier molecular flexibility index (Phi) is 5.36. The van der Waals surface area contributed by atoms with E-state index in [0.717, 1.165) is 0 Å². The second kappa shape index (κ2) is 7.24. The molecule has 0 radical (unpaired) electrons. The van der Waals surface area contributed by atoms with E-state index in [0.29, 0.717) is 0 Å². The van der Waals surface area contributed by atoms with Crippen molar-refractivity contribution in [1.29, 1.82) is 0 Å². The van der Waals surface area contributed by atoms with Gasteiger partial charge in [0.2, 0.25) is 0 Å². The summed E-state index contributed by atoms with van der Waals surface area (Å²) in [6, 6.07) is 10.2. The SMILES string of the molecule is OC(CNc1c(F)cccc1Cl)COc1ccccc1F. The Morgan fingerprint density at radius 1 is 1.10 bits per heavy atom. The number of para-hydroxylation sites is 2. The fraction of sp³-hybridized carbons (Fsp3) is 0.200. The van der Waals surface area contributed by atoms with E-state index in [1.807, 2.05) is 0 Å². The predicted octanol–water partition coefficient (Wildman–Crippen LogP) is 3.47. The fourth-order valence-electron chi connectivity index (χ4n) is 1.69. The first kappa shape index (κ1) is 15.5. The number of aliphatic hydroxyl groups excluding tert-OH is 1. The van der Waals surface area contributed by atoms with Gasteiger partial charge in [-0.1, -0.05) is 29.8 Å². The van der Waals surface area contributed by atoms with Gasteiger partial charge >= 0.3 is 0 Å². The third-order valence-corrected chi connectivity index (χ3v) is 3.06. The Labute approximate surface area is 126 Å². The van der Waals surface area contributed by atoms with Crippen LogP contribution in [0.25, 0.3) is 0 Å². The summed E-state index contributed by atoms with van der Waals surface area (Å²) in [5.74, 6) is -0.958. The molecule has 0 heterocycles. The van der Waals surface area contributed by atoms with Gasteiger partial charge in [-0.25, -0.2) is 8.78 Å². The summed E-state index contributed by atoms with van der Waals surface area (Å²) in [6.45, 7) is -0.102. The average molecular weight is 314 g/mol. The van der Waals surface area contributed by atoms with Crippen molar-refractivity contribution >= 4 is 17.3 Å².